The SMILES string of the molecule is Cc1c(C(=O)N2CCO[C@H](c3ccccc3)C2)cnn1-c1ccncc1. The summed E-state index contributed by atoms with van der Waals surface area (Å²) in [5.74, 6) is -0.00737. The summed E-state index contributed by atoms with van der Waals surface area (Å²) in [6, 6.07) is 13.8. The summed E-state index contributed by atoms with van der Waals surface area (Å²) >= 11 is 0. The number of hydrogen-bond donors (Lipinski definition) is 0. The minimum Gasteiger partial charge on any atom is -0.370 e. The van der Waals surface area contributed by atoms with E-state index in [2.05, 4.69) is 10.1 Å². The molecule has 0 bridgehead atoms. The van der Waals surface area contributed by atoms with Crippen LogP contribution in [0.15, 0.2) is 61.1 Å². The van der Waals surface area contributed by atoms with Gasteiger partial charge in [-0.25, -0.2) is 4.68 Å². The van der Waals surface area contributed by atoms with E-state index in [-0.39, 0.29) is 12.0 Å². The van der Waals surface area contributed by atoms with Crippen molar-refractivity contribution in [3.63, 3.8) is 0 Å². The Hall–Kier alpha value is -2.99. The number of pyridine rings is 1. The van der Waals surface area contributed by atoms with Crippen LogP contribution in [0.5, 0.6) is 0 Å². The normalized spacial score (nSPS) is 17.3. The molecule has 1 aliphatic heterocycles. The van der Waals surface area contributed by atoms with Gasteiger partial charge in [-0.2, -0.15) is 5.10 Å². The van der Waals surface area contributed by atoms with E-state index in [1.54, 1.807) is 23.3 Å². The molecule has 0 unspecified atom stereocenters. The number of amides is 1. The molecule has 132 valence electrons. The van der Waals surface area contributed by atoms with Crippen molar-refractivity contribution in [3.8, 4) is 5.69 Å². The first-order chi connectivity index (χ1) is 12.7. The van der Waals surface area contributed by atoms with Crippen LogP contribution in [0.3, 0.4) is 0 Å². The van der Waals surface area contributed by atoms with Crippen molar-refractivity contribution in [1.29, 1.82) is 0 Å². The maximum Gasteiger partial charge on any atom is 0.257 e. The molecule has 3 heterocycles. The fourth-order valence-corrected chi connectivity index (χ4v) is 3.24. The van der Waals surface area contributed by atoms with Crippen molar-refractivity contribution >= 4 is 5.91 Å². The van der Waals surface area contributed by atoms with Crippen LogP contribution in [-0.4, -0.2) is 45.3 Å². The molecular formula is C20H20N4O2. The van der Waals surface area contributed by atoms with Crippen LogP contribution in [-0.2, 0) is 4.74 Å². The van der Waals surface area contributed by atoms with Crippen molar-refractivity contribution in [3.05, 3.63) is 77.9 Å². The predicted octanol–water partition coefficient (Wildman–Crippen LogP) is 2.79. The summed E-state index contributed by atoms with van der Waals surface area (Å²) in [5.41, 5.74) is 3.43. The molecule has 0 aliphatic carbocycles. The van der Waals surface area contributed by atoms with Gasteiger partial charge in [0.2, 0.25) is 0 Å². The molecule has 1 aliphatic rings. The van der Waals surface area contributed by atoms with E-state index in [4.69, 9.17) is 4.74 Å². The monoisotopic (exact) mass is 348 g/mol. The van der Waals surface area contributed by atoms with E-state index >= 15 is 0 Å². The zero-order valence-electron chi connectivity index (χ0n) is 14.6. The number of morpholine rings is 1. The molecule has 1 fully saturated rings. The number of aromatic nitrogens is 3. The van der Waals surface area contributed by atoms with Crippen molar-refractivity contribution in [2.45, 2.75) is 13.0 Å². The average molecular weight is 348 g/mol. The van der Waals surface area contributed by atoms with Gasteiger partial charge in [0, 0.05) is 18.9 Å². The minimum absolute atomic E-state index is 0.00737. The molecule has 6 nitrogen and oxygen atoms in total. The van der Waals surface area contributed by atoms with E-state index in [1.165, 1.54) is 0 Å². The third-order valence-corrected chi connectivity index (χ3v) is 4.67. The predicted molar refractivity (Wildman–Crippen MR) is 97.1 cm³/mol. The van der Waals surface area contributed by atoms with Gasteiger partial charge >= 0.3 is 0 Å². The number of carbonyl (C=O) groups is 1. The van der Waals surface area contributed by atoms with Crippen LogP contribution in [0.4, 0.5) is 0 Å². The Bertz CT molecular complexity index is 893. The van der Waals surface area contributed by atoms with Crippen molar-refractivity contribution in [2.24, 2.45) is 0 Å². The summed E-state index contributed by atoms with van der Waals surface area (Å²) in [4.78, 5) is 18.9. The number of benzene rings is 1. The second kappa shape index (κ2) is 7.09. The maximum atomic E-state index is 13.0. The van der Waals surface area contributed by atoms with Crippen LogP contribution in [0, 0.1) is 6.92 Å². The zero-order chi connectivity index (χ0) is 17.9. The van der Waals surface area contributed by atoms with Crippen molar-refractivity contribution in [2.75, 3.05) is 19.7 Å². The molecular weight excluding hydrogens is 328 g/mol. The largest absolute Gasteiger partial charge is 0.370 e. The molecule has 1 amide bonds. The highest BCUT2D eigenvalue weighted by Crippen LogP contribution is 2.24. The van der Waals surface area contributed by atoms with Gasteiger partial charge in [0.1, 0.15) is 6.10 Å². The summed E-state index contributed by atoms with van der Waals surface area (Å²) < 4.78 is 7.63. The van der Waals surface area contributed by atoms with Gasteiger partial charge in [0.15, 0.2) is 0 Å². The first kappa shape index (κ1) is 16.5. The van der Waals surface area contributed by atoms with Crippen LogP contribution in [0.2, 0.25) is 0 Å². The molecule has 0 N–H and O–H groups in total. The summed E-state index contributed by atoms with van der Waals surface area (Å²) in [6.45, 7) is 3.57. The quantitative estimate of drug-likeness (QED) is 0.730. The standard InChI is InChI=1S/C20H20N4O2/c1-15-18(13-22-24(15)17-7-9-21-10-8-17)20(25)23-11-12-26-19(14-23)16-5-3-2-4-6-16/h2-10,13,19H,11-12,14H2,1H3/t19-/m0/s1. The Kier molecular flexibility index (Phi) is 4.50. The van der Waals surface area contributed by atoms with Crippen LogP contribution < -0.4 is 0 Å². The van der Waals surface area contributed by atoms with Gasteiger partial charge in [0.25, 0.3) is 5.91 Å². The van der Waals surface area contributed by atoms with E-state index in [9.17, 15) is 4.79 Å². The number of ether oxygens (including phenoxy) is 1. The number of nitrogens with zero attached hydrogens (tertiary/aromatic N) is 4. The Morgan fingerprint density at radius 3 is 2.69 bits per heavy atom. The lowest BCUT2D eigenvalue weighted by molar-refractivity contribution is -0.0228. The third-order valence-electron chi connectivity index (χ3n) is 4.67. The van der Waals surface area contributed by atoms with Crippen molar-refractivity contribution < 1.29 is 9.53 Å². The van der Waals surface area contributed by atoms with Crippen LogP contribution in [0.25, 0.3) is 5.69 Å². The minimum atomic E-state index is -0.0931. The lowest BCUT2D eigenvalue weighted by Crippen LogP contribution is -2.42. The molecule has 1 atom stereocenters. The van der Waals surface area contributed by atoms with Gasteiger partial charge in [-0.3, -0.25) is 9.78 Å². The van der Waals surface area contributed by atoms with E-state index in [0.29, 0.717) is 25.3 Å². The highest BCUT2D eigenvalue weighted by Gasteiger charge is 2.28. The van der Waals surface area contributed by atoms with E-state index in [1.807, 2.05) is 54.3 Å². The average Bonchev–Trinajstić information content (AvgIpc) is 3.10. The smallest absolute Gasteiger partial charge is 0.257 e. The van der Waals surface area contributed by atoms with Crippen molar-refractivity contribution in [1.82, 2.24) is 19.7 Å². The highest BCUT2D eigenvalue weighted by atomic mass is 16.5. The maximum absolute atomic E-state index is 13.0. The zero-order valence-corrected chi connectivity index (χ0v) is 14.6. The Balaban J connectivity index is 1.55. The molecule has 2 aromatic heterocycles. The second-order valence-electron chi connectivity index (χ2n) is 6.28. The molecule has 26 heavy (non-hydrogen) atoms. The molecule has 1 aromatic carbocycles. The molecule has 0 radical (unpaired) electrons. The molecule has 1 saturated heterocycles. The van der Waals surface area contributed by atoms with Gasteiger partial charge < -0.3 is 9.64 Å². The number of rotatable bonds is 3. The van der Waals surface area contributed by atoms with Crippen LogP contribution in [0.1, 0.15) is 27.7 Å². The lowest BCUT2D eigenvalue weighted by Gasteiger charge is -2.33. The fourth-order valence-electron chi connectivity index (χ4n) is 3.24. The van der Waals surface area contributed by atoms with Gasteiger partial charge in [-0.15, -0.1) is 0 Å². The molecule has 4 rings (SSSR count). The van der Waals surface area contributed by atoms with Gasteiger partial charge in [0.05, 0.1) is 36.3 Å². The molecule has 6 heteroatoms. The van der Waals surface area contributed by atoms with Gasteiger partial charge in [-0.1, -0.05) is 30.3 Å². The Labute approximate surface area is 152 Å². The molecule has 0 spiro atoms. The van der Waals surface area contributed by atoms with E-state index in [0.717, 1.165) is 16.9 Å². The number of hydrogen-bond acceptors (Lipinski definition) is 4. The Morgan fingerprint density at radius 1 is 1.15 bits per heavy atom. The first-order valence-electron chi connectivity index (χ1n) is 8.65. The summed E-state index contributed by atoms with van der Waals surface area (Å²) in [5, 5.41) is 4.39. The summed E-state index contributed by atoms with van der Waals surface area (Å²) in [6.07, 6.45) is 4.98. The fraction of sp³-hybridized carbons (Fsp3) is 0.250. The number of carbonyl (C=O) groups excluding carboxylic acids is 1. The molecule has 3 aromatic rings. The first-order valence-corrected chi connectivity index (χ1v) is 8.65. The van der Waals surface area contributed by atoms with E-state index < -0.39 is 0 Å². The summed E-state index contributed by atoms with van der Waals surface area (Å²) in [7, 11) is 0. The topological polar surface area (TPSA) is 60.3 Å². The second-order valence-corrected chi connectivity index (χ2v) is 6.28. The molecule has 0 saturated carbocycles. The highest BCUT2D eigenvalue weighted by molar-refractivity contribution is 5.95. The van der Waals surface area contributed by atoms with Crippen LogP contribution >= 0.6 is 0 Å². The van der Waals surface area contributed by atoms with Gasteiger partial charge in [-0.05, 0) is 24.6 Å². The lowest BCUT2D eigenvalue weighted by atomic mass is 10.1. The third kappa shape index (κ3) is 3.11. The Morgan fingerprint density at radius 2 is 1.92 bits per heavy atom.